The van der Waals surface area contributed by atoms with E-state index in [0.29, 0.717) is 11.3 Å². The van der Waals surface area contributed by atoms with Crippen LogP contribution in [0.15, 0.2) is 22.7 Å². The number of halogens is 1. The molecule has 0 amide bonds. The van der Waals surface area contributed by atoms with Crippen LogP contribution < -0.4 is 4.74 Å². The number of ether oxygens (including phenoxy) is 1. The number of methoxy groups -OCH3 is 1. The lowest BCUT2D eigenvalue weighted by Gasteiger charge is -2.11. The molecule has 82 valence electrons. The Morgan fingerprint density at radius 1 is 1.60 bits per heavy atom. The molecule has 2 N–H and O–H groups in total. The van der Waals surface area contributed by atoms with Gasteiger partial charge in [0.25, 0.3) is 0 Å². The number of carboxylic acid groups (broad SMARTS) is 1. The van der Waals surface area contributed by atoms with Crippen molar-refractivity contribution < 1.29 is 19.7 Å². The van der Waals surface area contributed by atoms with E-state index in [1.807, 2.05) is 0 Å². The Morgan fingerprint density at radius 2 is 2.27 bits per heavy atom. The SMILES string of the molecule is COc1c(Br)cccc1CC(O)C(=O)O. The van der Waals surface area contributed by atoms with Crippen LogP contribution in [-0.2, 0) is 11.2 Å². The zero-order chi connectivity index (χ0) is 11.4. The molecule has 0 saturated heterocycles. The van der Waals surface area contributed by atoms with E-state index in [2.05, 4.69) is 15.9 Å². The van der Waals surface area contributed by atoms with E-state index < -0.39 is 12.1 Å². The van der Waals surface area contributed by atoms with Gasteiger partial charge in [0.05, 0.1) is 11.6 Å². The van der Waals surface area contributed by atoms with Gasteiger partial charge in [-0.15, -0.1) is 0 Å². The van der Waals surface area contributed by atoms with Crippen molar-refractivity contribution in [1.29, 1.82) is 0 Å². The van der Waals surface area contributed by atoms with Crippen molar-refractivity contribution in [2.24, 2.45) is 0 Å². The molecule has 0 spiro atoms. The maximum Gasteiger partial charge on any atom is 0.332 e. The second-order valence-corrected chi connectivity index (χ2v) is 3.84. The molecular weight excluding hydrogens is 264 g/mol. The topological polar surface area (TPSA) is 66.8 Å². The molecule has 5 heteroatoms. The van der Waals surface area contributed by atoms with Crippen molar-refractivity contribution in [2.45, 2.75) is 12.5 Å². The first-order valence-electron chi connectivity index (χ1n) is 4.28. The Hall–Kier alpha value is -1.07. The van der Waals surface area contributed by atoms with Gasteiger partial charge >= 0.3 is 5.97 Å². The second kappa shape index (κ2) is 5.14. The molecule has 0 radical (unpaired) electrons. The van der Waals surface area contributed by atoms with Crippen molar-refractivity contribution in [3.05, 3.63) is 28.2 Å². The summed E-state index contributed by atoms with van der Waals surface area (Å²) < 4.78 is 5.84. The van der Waals surface area contributed by atoms with Gasteiger partial charge in [-0.25, -0.2) is 4.79 Å². The third-order valence-corrected chi connectivity index (χ3v) is 2.58. The Balaban J connectivity index is 2.94. The van der Waals surface area contributed by atoms with Crippen LogP contribution in [0, 0.1) is 0 Å². The number of hydrogen-bond acceptors (Lipinski definition) is 3. The summed E-state index contributed by atoms with van der Waals surface area (Å²) in [5.74, 6) is -0.685. The average Bonchev–Trinajstić information content (AvgIpc) is 2.18. The molecule has 0 aliphatic rings. The van der Waals surface area contributed by atoms with Crippen LogP contribution in [0.5, 0.6) is 5.75 Å². The third-order valence-electron chi connectivity index (χ3n) is 1.95. The quantitative estimate of drug-likeness (QED) is 0.872. The number of hydrogen-bond donors (Lipinski definition) is 2. The van der Waals surface area contributed by atoms with E-state index in [1.54, 1.807) is 18.2 Å². The van der Waals surface area contributed by atoms with Crippen molar-refractivity contribution in [2.75, 3.05) is 7.11 Å². The summed E-state index contributed by atoms with van der Waals surface area (Å²) in [5.41, 5.74) is 0.654. The van der Waals surface area contributed by atoms with Crippen LogP contribution in [0.2, 0.25) is 0 Å². The zero-order valence-corrected chi connectivity index (χ0v) is 9.69. The number of aliphatic carboxylic acids is 1. The molecule has 0 fully saturated rings. The Labute approximate surface area is 95.6 Å². The Bertz CT molecular complexity index is 364. The highest BCUT2D eigenvalue weighted by atomic mass is 79.9. The van der Waals surface area contributed by atoms with E-state index in [4.69, 9.17) is 9.84 Å². The lowest BCUT2D eigenvalue weighted by molar-refractivity contribution is -0.146. The molecule has 1 aromatic carbocycles. The first-order chi connectivity index (χ1) is 7.06. The highest BCUT2D eigenvalue weighted by molar-refractivity contribution is 9.10. The highest BCUT2D eigenvalue weighted by Crippen LogP contribution is 2.29. The zero-order valence-electron chi connectivity index (χ0n) is 8.11. The number of rotatable bonds is 4. The minimum Gasteiger partial charge on any atom is -0.495 e. The van der Waals surface area contributed by atoms with Gasteiger partial charge in [-0.3, -0.25) is 0 Å². The Kier molecular flexibility index (Phi) is 4.11. The summed E-state index contributed by atoms with van der Waals surface area (Å²) in [7, 11) is 1.50. The highest BCUT2D eigenvalue weighted by Gasteiger charge is 2.17. The summed E-state index contributed by atoms with van der Waals surface area (Å²) >= 11 is 3.28. The number of para-hydroxylation sites is 1. The molecule has 0 heterocycles. The standard InChI is InChI=1S/C10H11BrO4/c1-15-9-6(3-2-4-7(9)11)5-8(12)10(13)14/h2-4,8,12H,5H2,1H3,(H,13,14). The number of carboxylic acids is 1. The summed E-state index contributed by atoms with van der Waals surface area (Å²) in [4.78, 5) is 10.5. The maximum atomic E-state index is 10.5. The molecular formula is C10H11BrO4. The molecule has 1 aromatic rings. The molecule has 1 rings (SSSR count). The number of carbonyl (C=O) groups is 1. The normalized spacial score (nSPS) is 12.2. The lowest BCUT2D eigenvalue weighted by atomic mass is 10.1. The summed E-state index contributed by atoms with van der Waals surface area (Å²) in [6.07, 6.45) is -1.38. The van der Waals surface area contributed by atoms with Crippen LogP contribution >= 0.6 is 15.9 Å². The number of aliphatic hydroxyl groups is 1. The van der Waals surface area contributed by atoms with Crippen LogP contribution in [0.1, 0.15) is 5.56 Å². The molecule has 4 nitrogen and oxygen atoms in total. The first-order valence-corrected chi connectivity index (χ1v) is 5.07. The van der Waals surface area contributed by atoms with Crippen molar-refractivity contribution in [3.8, 4) is 5.75 Å². The van der Waals surface area contributed by atoms with Crippen LogP contribution in [0.3, 0.4) is 0 Å². The number of aliphatic hydroxyl groups excluding tert-OH is 1. The molecule has 0 aliphatic heterocycles. The summed E-state index contributed by atoms with van der Waals surface area (Å²) in [6.45, 7) is 0. The van der Waals surface area contributed by atoms with Gasteiger partial charge in [0.15, 0.2) is 6.10 Å². The van der Waals surface area contributed by atoms with Crippen molar-refractivity contribution >= 4 is 21.9 Å². The van der Waals surface area contributed by atoms with E-state index in [0.717, 1.165) is 4.47 Å². The fourth-order valence-electron chi connectivity index (χ4n) is 1.24. The first kappa shape index (κ1) is 12.0. The van der Waals surface area contributed by atoms with Crippen LogP contribution in [-0.4, -0.2) is 29.4 Å². The summed E-state index contributed by atoms with van der Waals surface area (Å²) in [6, 6.07) is 5.27. The molecule has 15 heavy (non-hydrogen) atoms. The smallest absolute Gasteiger partial charge is 0.332 e. The minimum atomic E-state index is -1.41. The largest absolute Gasteiger partial charge is 0.495 e. The van der Waals surface area contributed by atoms with Gasteiger partial charge in [-0.05, 0) is 27.6 Å². The molecule has 0 aromatic heterocycles. The predicted octanol–water partition coefficient (Wildman–Crippen LogP) is 1.45. The van der Waals surface area contributed by atoms with Gasteiger partial charge < -0.3 is 14.9 Å². The summed E-state index contributed by atoms with van der Waals surface area (Å²) in [5, 5.41) is 17.8. The molecule has 1 atom stereocenters. The van der Waals surface area contributed by atoms with Gasteiger partial charge in [0, 0.05) is 6.42 Å². The predicted molar refractivity (Wildman–Crippen MR) is 58.0 cm³/mol. The van der Waals surface area contributed by atoms with Crippen LogP contribution in [0.4, 0.5) is 0 Å². The van der Waals surface area contributed by atoms with Gasteiger partial charge in [-0.2, -0.15) is 0 Å². The number of benzene rings is 1. The minimum absolute atomic E-state index is 0.0257. The molecule has 0 aliphatic carbocycles. The fourth-order valence-corrected chi connectivity index (χ4v) is 1.81. The Morgan fingerprint density at radius 3 is 2.80 bits per heavy atom. The van der Waals surface area contributed by atoms with Gasteiger partial charge in [0.2, 0.25) is 0 Å². The monoisotopic (exact) mass is 274 g/mol. The van der Waals surface area contributed by atoms with E-state index in [1.165, 1.54) is 7.11 Å². The molecule has 0 saturated carbocycles. The van der Waals surface area contributed by atoms with Gasteiger partial charge in [0.1, 0.15) is 5.75 Å². The maximum absolute atomic E-state index is 10.5. The molecule has 0 bridgehead atoms. The van der Waals surface area contributed by atoms with E-state index in [-0.39, 0.29) is 6.42 Å². The van der Waals surface area contributed by atoms with Crippen LogP contribution in [0.25, 0.3) is 0 Å². The third kappa shape index (κ3) is 2.94. The van der Waals surface area contributed by atoms with E-state index in [9.17, 15) is 9.90 Å². The van der Waals surface area contributed by atoms with Gasteiger partial charge in [-0.1, -0.05) is 12.1 Å². The fraction of sp³-hybridized carbons (Fsp3) is 0.300. The molecule has 1 unspecified atom stereocenters. The van der Waals surface area contributed by atoms with Crippen molar-refractivity contribution in [3.63, 3.8) is 0 Å². The second-order valence-electron chi connectivity index (χ2n) is 2.99. The van der Waals surface area contributed by atoms with Crippen molar-refractivity contribution in [1.82, 2.24) is 0 Å². The van der Waals surface area contributed by atoms with E-state index >= 15 is 0 Å². The lowest BCUT2D eigenvalue weighted by Crippen LogP contribution is -2.22. The average molecular weight is 275 g/mol.